The molecule has 7 heteroatoms. The summed E-state index contributed by atoms with van der Waals surface area (Å²) in [5.41, 5.74) is 2.36. The zero-order valence-corrected chi connectivity index (χ0v) is 17.1. The Kier molecular flexibility index (Phi) is 7.70. The van der Waals surface area contributed by atoms with E-state index < -0.39 is 18.0 Å². The molecule has 0 radical (unpaired) electrons. The van der Waals surface area contributed by atoms with Gasteiger partial charge in [-0.05, 0) is 55.7 Å². The molecule has 6 nitrogen and oxygen atoms in total. The first-order valence-corrected chi connectivity index (χ1v) is 9.19. The molecule has 1 amide bonds. The lowest BCUT2D eigenvalue weighted by molar-refractivity contribution is -0.153. The average Bonchev–Trinajstić information content (AvgIpc) is 2.68. The van der Waals surface area contributed by atoms with Gasteiger partial charge in [0.15, 0.2) is 17.6 Å². The number of benzene rings is 2. The number of nitrogens with one attached hydrogen (secondary N) is 1. The van der Waals surface area contributed by atoms with E-state index in [0.717, 1.165) is 11.1 Å². The van der Waals surface area contributed by atoms with E-state index in [1.807, 2.05) is 19.1 Å². The number of methoxy groups -OCH3 is 2. The van der Waals surface area contributed by atoms with E-state index >= 15 is 0 Å². The number of anilines is 1. The Morgan fingerprint density at radius 3 is 2.46 bits per heavy atom. The molecular formula is C21H24ClNO5. The van der Waals surface area contributed by atoms with Crippen molar-refractivity contribution in [2.45, 2.75) is 32.8 Å². The smallest absolute Gasteiger partial charge is 0.306 e. The van der Waals surface area contributed by atoms with Gasteiger partial charge in [-0.2, -0.15) is 0 Å². The van der Waals surface area contributed by atoms with Gasteiger partial charge in [-0.1, -0.05) is 23.7 Å². The number of amides is 1. The Morgan fingerprint density at radius 1 is 1.07 bits per heavy atom. The van der Waals surface area contributed by atoms with Crippen molar-refractivity contribution in [3.05, 3.63) is 52.5 Å². The molecule has 28 heavy (non-hydrogen) atoms. The van der Waals surface area contributed by atoms with Crippen molar-refractivity contribution in [1.82, 2.24) is 0 Å². The van der Waals surface area contributed by atoms with Gasteiger partial charge in [-0.15, -0.1) is 0 Å². The van der Waals surface area contributed by atoms with Crippen molar-refractivity contribution in [3.63, 3.8) is 0 Å². The van der Waals surface area contributed by atoms with Crippen LogP contribution < -0.4 is 14.8 Å². The van der Waals surface area contributed by atoms with Gasteiger partial charge in [0.2, 0.25) is 0 Å². The van der Waals surface area contributed by atoms with Gasteiger partial charge in [0, 0.05) is 17.1 Å². The van der Waals surface area contributed by atoms with Crippen LogP contribution in [0.2, 0.25) is 5.02 Å². The minimum Gasteiger partial charge on any atom is -0.493 e. The third-order valence-electron chi connectivity index (χ3n) is 4.20. The van der Waals surface area contributed by atoms with Crippen LogP contribution in [0.4, 0.5) is 5.69 Å². The summed E-state index contributed by atoms with van der Waals surface area (Å²) in [4.78, 5) is 24.4. The molecule has 2 aromatic carbocycles. The number of halogens is 1. The SMILES string of the molecule is COc1ccc(CCC(=O)OC(C)C(=O)Nc2cc(Cl)ccc2C)cc1OC. The van der Waals surface area contributed by atoms with Crippen molar-refractivity contribution < 1.29 is 23.8 Å². The van der Waals surface area contributed by atoms with Gasteiger partial charge >= 0.3 is 5.97 Å². The van der Waals surface area contributed by atoms with Gasteiger partial charge in [0.05, 0.1) is 14.2 Å². The molecule has 150 valence electrons. The van der Waals surface area contributed by atoms with E-state index in [1.165, 1.54) is 6.92 Å². The van der Waals surface area contributed by atoms with Crippen LogP contribution in [0.3, 0.4) is 0 Å². The van der Waals surface area contributed by atoms with Crippen LogP contribution in [-0.2, 0) is 20.7 Å². The Bertz CT molecular complexity index is 853. The molecule has 0 spiro atoms. The number of carbonyl (C=O) groups is 2. The van der Waals surface area contributed by atoms with Gasteiger partial charge < -0.3 is 19.5 Å². The summed E-state index contributed by atoms with van der Waals surface area (Å²) in [5, 5.41) is 3.24. The molecule has 1 N–H and O–H groups in total. The number of hydrogen-bond donors (Lipinski definition) is 1. The number of carbonyl (C=O) groups excluding carboxylic acids is 2. The second-order valence-corrected chi connectivity index (χ2v) is 6.71. The quantitative estimate of drug-likeness (QED) is 0.667. The standard InChI is InChI=1S/C21H24ClNO5/c1-13-5-8-16(22)12-17(13)23-21(25)14(2)28-20(24)10-7-15-6-9-18(26-3)19(11-15)27-4/h5-6,8-9,11-12,14H,7,10H2,1-4H3,(H,23,25). The Balaban J connectivity index is 1.88. The monoisotopic (exact) mass is 405 g/mol. The van der Waals surface area contributed by atoms with E-state index in [-0.39, 0.29) is 6.42 Å². The highest BCUT2D eigenvalue weighted by atomic mass is 35.5. The molecule has 1 atom stereocenters. The number of esters is 1. The first kappa shape index (κ1) is 21.6. The predicted molar refractivity (Wildman–Crippen MR) is 108 cm³/mol. The summed E-state index contributed by atoms with van der Waals surface area (Å²) >= 11 is 5.95. The summed E-state index contributed by atoms with van der Waals surface area (Å²) < 4.78 is 15.7. The minimum atomic E-state index is -0.920. The number of rotatable bonds is 8. The highest BCUT2D eigenvalue weighted by Crippen LogP contribution is 2.28. The molecule has 1 unspecified atom stereocenters. The Hall–Kier alpha value is -2.73. The molecule has 0 aliphatic carbocycles. The lowest BCUT2D eigenvalue weighted by atomic mass is 10.1. The topological polar surface area (TPSA) is 73.9 Å². The molecule has 2 aromatic rings. The third kappa shape index (κ3) is 5.89. The highest BCUT2D eigenvalue weighted by Gasteiger charge is 2.19. The lowest BCUT2D eigenvalue weighted by Crippen LogP contribution is -2.30. The molecule has 0 aromatic heterocycles. The summed E-state index contributed by atoms with van der Waals surface area (Å²) in [5.74, 6) is 0.346. The Labute approximate surface area is 169 Å². The molecule has 0 heterocycles. The molecule has 0 aliphatic heterocycles. The van der Waals surface area contributed by atoms with Crippen LogP contribution in [0.5, 0.6) is 11.5 Å². The maximum atomic E-state index is 12.3. The maximum Gasteiger partial charge on any atom is 0.306 e. The van der Waals surface area contributed by atoms with Crippen LogP contribution in [0.1, 0.15) is 24.5 Å². The molecule has 2 rings (SSSR count). The number of aryl methyl sites for hydroxylation is 2. The van der Waals surface area contributed by atoms with E-state index in [9.17, 15) is 9.59 Å². The van der Waals surface area contributed by atoms with Crippen molar-refractivity contribution in [2.75, 3.05) is 19.5 Å². The summed E-state index contributed by atoms with van der Waals surface area (Å²) in [6, 6.07) is 10.6. The zero-order chi connectivity index (χ0) is 20.7. The number of hydrogen-bond acceptors (Lipinski definition) is 5. The van der Waals surface area contributed by atoms with E-state index in [4.69, 9.17) is 25.8 Å². The maximum absolute atomic E-state index is 12.3. The minimum absolute atomic E-state index is 0.142. The fourth-order valence-electron chi connectivity index (χ4n) is 2.56. The van der Waals surface area contributed by atoms with E-state index in [2.05, 4.69) is 5.32 Å². The highest BCUT2D eigenvalue weighted by molar-refractivity contribution is 6.31. The zero-order valence-electron chi connectivity index (χ0n) is 16.4. The third-order valence-corrected chi connectivity index (χ3v) is 4.44. The second kappa shape index (κ2) is 9.99. The van der Waals surface area contributed by atoms with Crippen molar-refractivity contribution in [2.24, 2.45) is 0 Å². The first-order chi connectivity index (χ1) is 13.3. The summed E-state index contributed by atoms with van der Waals surface area (Å²) in [7, 11) is 3.12. The van der Waals surface area contributed by atoms with Crippen LogP contribution in [0.15, 0.2) is 36.4 Å². The van der Waals surface area contributed by atoms with Gasteiger partial charge in [-0.3, -0.25) is 9.59 Å². The van der Waals surface area contributed by atoms with Crippen molar-refractivity contribution in [3.8, 4) is 11.5 Å². The average molecular weight is 406 g/mol. The van der Waals surface area contributed by atoms with Crippen molar-refractivity contribution >= 4 is 29.2 Å². The van der Waals surface area contributed by atoms with Gasteiger partial charge in [0.25, 0.3) is 5.91 Å². The molecule has 0 saturated heterocycles. The molecule has 0 aliphatic rings. The molecular weight excluding hydrogens is 382 g/mol. The normalized spacial score (nSPS) is 11.5. The Morgan fingerprint density at radius 2 is 1.79 bits per heavy atom. The van der Waals surface area contributed by atoms with E-state index in [0.29, 0.717) is 28.6 Å². The lowest BCUT2D eigenvalue weighted by Gasteiger charge is -2.15. The summed E-state index contributed by atoms with van der Waals surface area (Å²) in [6.07, 6.45) is -0.319. The first-order valence-electron chi connectivity index (χ1n) is 8.81. The van der Waals surface area contributed by atoms with Crippen molar-refractivity contribution in [1.29, 1.82) is 0 Å². The van der Waals surface area contributed by atoms with Crippen LogP contribution in [-0.4, -0.2) is 32.2 Å². The van der Waals surface area contributed by atoms with Crippen LogP contribution in [0, 0.1) is 6.92 Å². The largest absolute Gasteiger partial charge is 0.493 e. The number of ether oxygens (including phenoxy) is 3. The molecule has 0 saturated carbocycles. The molecule has 0 fully saturated rings. The van der Waals surface area contributed by atoms with Crippen LogP contribution >= 0.6 is 11.6 Å². The second-order valence-electron chi connectivity index (χ2n) is 6.27. The van der Waals surface area contributed by atoms with Gasteiger partial charge in [-0.25, -0.2) is 0 Å². The van der Waals surface area contributed by atoms with E-state index in [1.54, 1.807) is 38.5 Å². The fraction of sp³-hybridized carbons (Fsp3) is 0.333. The molecule has 0 bridgehead atoms. The summed E-state index contributed by atoms with van der Waals surface area (Å²) in [6.45, 7) is 3.38. The van der Waals surface area contributed by atoms with Gasteiger partial charge in [0.1, 0.15) is 0 Å². The van der Waals surface area contributed by atoms with Crippen LogP contribution in [0.25, 0.3) is 0 Å². The fourth-order valence-corrected chi connectivity index (χ4v) is 2.73. The predicted octanol–water partition coefficient (Wildman–Crippen LogP) is 4.17.